The van der Waals surface area contributed by atoms with Gasteiger partial charge in [0.25, 0.3) is 10.0 Å². The van der Waals surface area contributed by atoms with E-state index in [1.165, 1.54) is 19.2 Å². The summed E-state index contributed by atoms with van der Waals surface area (Å²) in [5, 5.41) is 0. The molecule has 118 valence electrons. The molecule has 0 atom stereocenters. The van der Waals surface area contributed by atoms with Gasteiger partial charge in [-0.3, -0.25) is 4.72 Å². The van der Waals surface area contributed by atoms with E-state index in [2.05, 4.69) is 20.7 Å². The zero-order chi connectivity index (χ0) is 16.2. The molecule has 7 heteroatoms. The number of hydrogen-bond acceptors (Lipinski definition) is 4. The van der Waals surface area contributed by atoms with Gasteiger partial charge in [-0.2, -0.15) is 0 Å². The number of benzene rings is 2. The number of methoxy groups -OCH3 is 1. The first-order chi connectivity index (χ1) is 10.5. The predicted molar refractivity (Wildman–Crippen MR) is 94.3 cm³/mol. The molecule has 0 aliphatic heterocycles. The SMILES string of the molecule is CCSc1ccccc1NS(=O)(=O)c1ccc(OC)c(Br)c1. The summed E-state index contributed by atoms with van der Waals surface area (Å²) < 4.78 is 33.4. The Morgan fingerprint density at radius 3 is 2.59 bits per heavy atom. The Morgan fingerprint density at radius 1 is 1.23 bits per heavy atom. The molecule has 0 heterocycles. The fourth-order valence-electron chi connectivity index (χ4n) is 1.85. The summed E-state index contributed by atoms with van der Waals surface area (Å²) in [6.45, 7) is 2.02. The highest BCUT2D eigenvalue weighted by Gasteiger charge is 2.17. The van der Waals surface area contributed by atoms with Crippen molar-refractivity contribution in [1.29, 1.82) is 0 Å². The Kier molecular flexibility index (Phi) is 5.77. The van der Waals surface area contributed by atoms with Crippen molar-refractivity contribution in [2.24, 2.45) is 0 Å². The molecule has 0 radical (unpaired) electrons. The van der Waals surface area contributed by atoms with Gasteiger partial charge in [-0.1, -0.05) is 19.1 Å². The van der Waals surface area contributed by atoms with Gasteiger partial charge in [0.05, 0.1) is 22.2 Å². The largest absolute Gasteiger partial charge is 0.496 e. The number of thioether (sulfide) groups is 1. The van der Waals surface area contributed by atoms with Gasteiger partial charge in [-0.25, -0.2) is 8.42 Å². The molecule has 1 N–H and O–H groups in total. The maximum atomic E-state index is 12.5. The number of nitrogens with one attached hydrogen (secondary N) is 1. The molecule has 2 aromatic rings. The number of anilines is 1. The van der Waals surface area contributed by atoms with E-state index in [0.29, 0.717) is 15.9 Å². The number of sulfonamides is 1. The average molecular weight is 402 g/mol. The molecule has 0 bridgehead atoms. The van der Waals surface area contributed by atoms with Gasteiger partial charge in [0.2, 0.25) is 0 Å². The molecule has 0 saturated heterocycles. The van der Waals surface area contributed by atoms with Crippen LogP contribution in [0.15, 0.2) is 56.7 Å². The molecule has 0 aliphatic carbocycles. The molecule has 0 aliphatic rings. The molecule has 2 aromatic carbocycles. The van der Waals surface area contributed by atoms with Gasteiger partial charge in [-0.05, 0) is 52.0 Å². The molecule has 4 nitrogen and oxygen atoms in total. The molecular formula is C15H16BrNO3S2. The summed E-state index contributed by atoms with van der Waals surface area (Å²) >= 11 is 4.89. The number of hydrogen-bond donors (Lipinski definition) is 1. The lowest BCUT2D eigenvalue weighted by Crippen LogP contribution is -2.13. The quantitative estimate of drug-likeness (QED) is 0.729. The minimum atomic E-state index is -3.65. The van der Waals surface area contributed by atoms with Crippen LogP contribution in [0.3, 0.4) is 0 Å². The van der Waals surface area contributed by atoms with Gasteiger partial charge in [-0.15, -0.1) is 11.8 Å². The summed E-state index contributed by atoms with van der Waals surface area (Å²) in [7, 11) is -2.12. The Bertz CT molecular complexity index is 763. The van der Waals surface area contributed by atoms with E-state index < -0.39 is 10.0 Å². The molecule has 0 saturated carbocycles. The number of ether oxygens (including phenoxy) is 1. The van der Waals surface area contributed by atoms with E-state index in [-0.39, 0.29) is 4.90 Å². The van der Waals surface area contributed by atoms with Crippen LogP contribution in [0.25, 0.3) is 0 Å². The second-order valence-electron chi connectivity index (χ2n) is 4.33. The highest BCUT2D eigenvalue weighted by atomic mass is 79.9. The van der Waals surface area contributed by atoms with E-state index in [0.717, 1.165) is 10.6 Å². The van der Waals surface area contributed by atoms with Crippen LogP contribution in [0.4, 0.5) is 5.69 Å². The van der Waals surface area contributed by atoms with Gasteiger partial charge in [0, 0.05) is 4.90 Å². The van der Waals surface area contributed by atoms with Crippen molar-refractivity contribution in [1.82, 2.24) is 0 Å². The fourth-order valence-corrected chi connectivity index (χ4v) is 4.47. The van der Waals surface area contributed by atoms with Crippen molar-refractivity contribution >= 4 is 43.4 Å². The third-order valence-electron chi connectivity index (χ3n) is 2.86. The lowest BCUT2D eigenvalue weighted by molar-refractivity contribution is 0.411. The number of halogens is 1. The van der Waals surface area contributed by atoms with Crippen LogP contribution < -0.4 is 9.46 Å². The Morgan fingerprint density at radius 2 is 1.95 bits per heavy atom. The summed E-state index contributed by atoms with van der Waals surface area (Å²) in [6.07, 6.45) is 0. The molecule has 0 spiro atoms. The number of rotatable bonds is 6. The van der Waals surface area contributed by atoms with Crippen LogP contribution in [0.1, 0.15) is 6.92 Å². The van der Waals surface area contributed by atoms with Crippen molar-refractivity contribution in [3.63, 3.8) is 0 Å². The predicted octanol–water partition coefficient (Wildman–Crippen LogP) is 4.37. The zero-order valence-electron chi connectivity index (χ0n) is 12.2. The molecule has 0 amide bonds. The van der Waals surface area contributed by atoms with Crippen LogP contribution in [-0.4, -0.2) is 21.3 Å². The van der Waals surface area contributed by atoms with Crippen LogP contribution >= 0.6 is 27.7 Å². The van der Waals surface area contributed by atoms with Gasteiger partial charge in [0.1, 0.15) is 5.75 Å². The van der Waals surface area contributed by atoms with Gasteiger partial charge < -0.3 is 4.74 Å². The molecule has 0 aromatic heterocycles. The third kappa shape index (κ3) is 3.97. The highest BCUT2D eigenvalue weighted by molar-refractivity contribution is 9.10. The Labute approximate surface area is 143 Å². The van der Waals surface area contributed by atoms with Crippen LogP contribution in [0.2, 0.25) is 0 Å². The molecule has 22 heavy (non-hydrogen) atoms. The van der Waals surface area contributed by atoms with E-state index in [9.17, 15) is 8.42 Å². The minimum absolute atomic E-state index is 0.177. The first kappa shape index (κ1) is 17.2. The average Bonchev–Trinajstić information content (AvgIpc) is 2.49. The Balaban J connectivity index is 2.34. The standard InChI is InChI=1S/C15H16BrNO3S2/c1-3-21-15-7-5-4-6-13(15)17-22(18,19)11-8-9-14(20-2)12(16)10-11/h4-10,17H,3H2,1-2H3. The van der Waals surface area contributed by atoms with E-state index in [1.54, 1.807) is 23.9 Å². The third-order valence-corrected chi connectivity index (χ3v) is 5.80. The molecule has 0 fully saturated rings. The Hall–Kier alpha value is -1.18. The van der Waals surface area contributed by atoms with Crippen LogP contribution in [0, 0.1) is 0 Å². The van der Waals surface area contributed by atoms with Crippen molar-refractivity contribution in [2.45, 2.75) is 16.7 Å². The highest BCUT2D eigenvalue weighted by Crippen LogP contribution is 2.31. The van der Waals surface area contributed by atoms with Crippen molar-refractivity contribution < 1.29 is 13.2 Å². The lowest BCUT2D eigenvalue weighted by Gasteiger charge is -2.12. The van der Waals surface area contributed by atoms with E-state index in [1.807, 2.05) is 25.1 Å². The summed E-state index contributed by atoms with van der Waals surface area (Å²) in [5.74, 6) is 1.45. The summed E-state index contributed by atoms with van der Waals surface area (Å²) in [4.78, 5) is 1.08. The normalized spacial score (nSPS) is 11.2. The molecule has 2 rings (SSSR count). The second kappa shape index (κ2) is 7.39. The lowest BCUT2D eigenvalue weighted by atomic mass is 10.3. The maximum Gasteiger partial charge on any atom is 0.261 e. The van der Waals surface area contributed by atoms with Gasteiger partial charge in [0.15, 0.2) is 0 Å². The first-order valence-corrected chi connectivity index (χ1v) is 9.82. The van der Waals surface area contributed by atoms with Crippen molar-refractivity contribution in [2.75, 3.05) is 17.6 Å². The number of para-hydroxylation sites is 1. The minimum Gasteiger partial charge on any atom is -0.496 e. The van der Waals surface area contributed by atoms with Crippen molar-refractivity contribution in [3.05, 3.63) is 46.9 Å². The summed E-state index contributed by atoms with van der Waals surface area (Å²) in [6, 6.07) is 12.0. The van der Waals surface area contributed by atoms with Crippen molar-refractivity contribution in [3.8, 4) is 5.75 Å². The monoisotopic (exact) mass is 401 g/mol. The van der Waals surface area contributed by atoms with Gasteiger partial charge >= 0.3 is 0 Å². The fraction of sp³-hybridized carbons (Fsp3) is 0.200. The zero-order valence-corrected chi connectivity index (χ0v) is 15.4. The first-order valence-electron chi connectivity index (χ1n) is 6.56. The summed E-state index contributed by atoms with van der Waals surface area (Å²) in [5.41, 5.74) is 0.585. The van der Waals surface area contributed by atoms with E-state index >= 15 is 0 Å². The van der Waals surface area contributed by atoms with E-state index in [4.69, 9.17) is 4.74 Å². The van der Waals surface area contributed by atoms with Crippen LogP contribution in [0.5, 0.6) is 5.75 Å². The smallest absolute Gasteiger partial charge is 0.261 e. The topological polar surface area (TPSA) is 55.4 Å². The molecular weight excluding hydrogens is 386 g/mol. The van der Waals surface area contributed by atoms with Crippen LogP contribution in [-0.2, 0) is 10.0 Å². The second-order valence-corrected chi connectivity index (χ2v) is 8.17. The molecule has 0 unspecified atom stereocenters. The maximum absolute atomic E-state index is 12.5.